The molecule has 0 spiro atoms. The smallest absolute Gasteiger partial charge is 0.210 e. The maximum Gasteiger partial charge on any atom is 0.210 e. The summed E-state index contributed by atoms with van der Waals surface area (Å²) in [5.41, 5.74) is 1.55. The molecule has 3 rings (SSSR count). The van der Waals surface area contributed by atoms with Gasteiger partial charge in [0.05, 0.1) is 19.3 Å². The summed E-state index contributed by atoms with van der Waals surface area (Å²) in [4.78, 5) is 12.7. The highest BCUT2D eigenvalue weighted by atomic mass is 35.5. The molecule has 0 bridgehead atoms. The minimum atomic E-state index is -0.502. The minimum Gasteiger partial charge on any atom is -0.495 e. The number of allylic oxidation sites excluding steroid dienone is 4. The van der Waals surface area contributed by atoms with E-state index in [4.69, 9.17) is 16.3 Å². The standard InChI is InChI=1S/C18H18ClN4O3/c1-26-18-5-3-2-4-16(18)21-8-10-22(11-9-21)20-13-14-6-7-15(19)17(12-14)23(24)25/h2-7,10,12-13H,8-9,11H2,1H3/q-1. The van der Waals surface area contributed by atoms with Crippen molar-refractivity contribution < 1.29 is 14.4 Å². The Labute approximate surface area is 156 Å². The van der Waals surface area contributed by atoms with Crippen LogP contribution in [0.15, 0.2) is 64.0 Å². The molecule has 1 saturated heterocycles. The molecule has 1 aliphatic carbocycles. The molecule has 7 nitrogen and oxygen atoms in total. The predicted molar refractivity (Wildman–Crippen MR) is 98.5 cm³/mol. The highest BCUT2D eigenvalue weighted by Crippen LogP contribution is 2.28. The lowest BCUT2D eigenvalue weighted by atomic mass is 10.1. The summed E-state index contributed by atoms with van der Waals surface area (Å²) in [6.45, 7) is 4.15. The van der Waals surface area contributed by atoms with Crippen molar-refractivity contribution in [3.8, 4) is 5.75 Å². The quantitative estimate of drug-likeness (QED) is 0.350. The van der Waals surface area contributed by atoms with E-state index >= 15 is 0 Å². The van der Waals surface area contributed by atoms with Crippen LogP contribution in [0.4, 0.5) is 5.69 Å². The lowest BCUT2D eigenvalue weighted by Gasteiger charge is -2.33. The van der Waals surface area contributed by atoms with Crippen LogP contribution in [0.2, 0.25) is 0 Å². The largest absolute Gasteiger partial charge is 0.495 e. The van der Waals surface area contributed by atoms with Crippen molar-refractivity contribution in [2.24, 2.45) is 5.11 Å². The number of hydrogen-bond acceptors (Lipinski definition) is 5. The monoisotopic (exact) mass is 373 g/mol. The van der Waals surface area contributed by atoms with E-state index in [1.54, 1.807) is 19.7 Å². The lowest BCUT2D eigenvalue weighted by molar-refractivity contribution is -0.555. The summed E-state index contributed by atoms with van der Waals surface area (Å²) in [6, 6.07) is 7.89. The molecule has 0 unspecified atom stereocenters. The number of methoxy groups -OCH3 is 1. The van der Waals surface area contributed by atoms with Crippen molar-refractivity contribution in [2.45, 2.75) is 0 Å². The topological polar surface area (TPSA) is 71.0 Å². The summed E-state index contributed by atoms with van der Waals surface area (Å²) >= 11 is 5.82. The van der Waals surface area contributed by atoms with Crippen molar-refractivity contribution in [3.05, 3.63) is 82.0 Å². The number of hydrogen-bond donors (Lipinski definition) is 0. The fraction of sp³-hybridized carbons (Fsp3) is 0.222. The highest BCUT2D eigenvalue weighted by molar-refractivity contribution is 6.32. The molecule has 0 saturated carbocycles. The molecule has 136 valence electrons. The van der Waals surface area contributed by atoms with Gasteiger partial charge in [-0.3, -0.25) is 14.8 Å². The number of anilines is 1. The Kier molecular flexibility index (Phi) is 5.48. The number of nitrogens with zero attached hydrogens (tertiary/aromatic N) is 4. The molecule has 26 heavy (non-hydrogen) atoms. The van der Waals surface area contributed by atoms with Gasteiger partial charge in [-0.05, 0) is 18.7 Å². The van der Waals surface area contributed by atoms with Gasteiger partial charge in [0.2, 0.25) is 5.70 Å². The summed E-state index contributed by atoms with van der Waals surface area (Å²) in [5, 5.41) is 15.4. The molecular weight excluding hydrogens is 356 g/mol. The average Bonchev–Trinajstić information content (AvgIpc) is 2.67. The zero-order valence-electron chi connectivity index (χ0n) is 14.2. The van der Waals surface area contributed by atoms with Crippen LogP contribution in [-0.4, -0.2) is 36.4 Å². The first-order valence-corrected chi connectivity index (χ1v) is 8.42. The summed E-state index contributed by atoms with van der Waals surface area (Å²) in [7, 11) is 1.66. The summed E-state index contributed by atoms with van der Waals surface area (Å²) in [5.74, 6) is 0.839. The van der Waals surface area contributed by atoms with Gasteiger partial charge in [-0.1, -0.05) is 29.9 Å². The molecular formula is C18H18ClN4O3-. The van der Waals surface area contributed by atoms with Crippen molar-refractivity contribution in [1.29, 1.82) is 0 Å². The van der Waals surface area contributed by atoms with E-state index in [9.17, 15) is 10.1 Å². The molecule has 1 aromatic carbocycles. The average molecular weight is 374 g/mol. The molecule has 0 amide bonds. The van der Waals surface area contributed by atoms with Crippen LogP contribution >= 0.6 is 11.6 Å². The molecule has 1 heterocycles. The molecule has 1 fully saturated rings. The van der Waals surface area contributed by atoms with Crippen LogP contribution < -0.4 is 9.64 Å². The third-order valence-corrected chi connectivity index (χ3v) is 4.38. The van der Waals surface area contributed by atoms with Crippen molar-refractivity contribution in [2.75, 3.05) is 31.6 Å². The Morgan fingerprint density at radius 3 is 2.96 bits per heavy atom. The maximum absolute atomic E-state index is 10.9. The minimum absolute atomic E-state index is 0.115. The Balaban J connectivity index is 1.66. The van der Waals surface area contributed by atoms with Crippen LogP contribution in [0.1, 0.15) is 0 Å². The van der Waals surface area contributed by atoms with E-state index in [1.807, 2.05) is 35.5 Å². The van der Waals surface area contributed by atoms with Gasteiger partial charge in [0.25, 0.3) is 0 Å². The number of nitro groups is 1. The molecule has 2 aliphatic rings. The third kappa shape index (κ3) is 4.00. The van der Waals surface area contributed by atoms with Gasteiger partial charge in [-0.15, -0.1) is 29.7 Å². The number of benzene rings is 1. The first-order valence-electron chi connectivity index (χ1n) is 8.04. The normalized spacial score (nSPS) is 20.2. The second kappa shape index (κ2) is 7.97. The van der Waals surface area contributed by atoms with E-state index < -0.39 is 4.92 Å². The molecule has 0 radical (unpaired) electrons. The number of halogens is 1. The van der Waals surface area contributed by atoms with E-state index in [0.29, 0.717) is 18.7 Å². The third-order valence-electron chi connectivity index (χ3n) is 4.06. The van der Waals surface area contributed by atoms with Crippen molar-refractivity contribution >= 4 is 17.3 Å². The van der Waals surface area contributed by atoms with E-state index in [1.165, 1.54) is 12.2 Å². The first kappa shape index (κ1) is 17.9. The summed E-state index contributed by atoms with van der Waals surface area (Å²) in [6.07, 6.45) is 6.21. The van der Waals surface area contributed by atoms with Crippen LogP contribution in [0.5, 0.6) is 5.75 Å². The summed E-state index contributed by atoms with van der Waals surface area (Å²) < 4.78 is 7.23. The molecule has 0 N–H and O–H groups in total. The van der Waals surface area contributed by atoms with Crippen LogP contribution in [0.3, 0.4) is 0 Å². The van der Waals surface area contributed by atoms with Gasteiger partial charge in [-0.25, -0.2) is 0 Å². The second-order valence-electron chi connectivity index (χ2n) is 5.68. The molecule has 0 atom stereocenters. The Bertz CT molecular complexity index is 819. The maximum atomic E-state index is 10.9. The Morgan fingerprint density at radius 1 is 1.46 bits per heavy atom. The van der Waals surface area contributed by atoms with Crippen molar-refractivity contribution in [1.82, 2.24) is 0 Å². The van der Waals surface area contributed by atoms with E-state index in [-0.39, 0.29) is 10.7 Å². The van der Waals surface area contributed by atoms with Crippen molar-refractivity contribution in [3.63, 3.8) is 0 Å². The lowest BCUT2D eigenvalue weighted by Crippen LogP contribution is -2.38. The van der Waals surface area contributed by atoms with Crippen LogP contribution in [-0.2, 0) is 0 Å². The van der Waals surface area contributed by atoms with E-state index in [0.717, 1.165) is 18.0 Å². The van der Waals surface area contributed by atoms with Gasteiger partial charge in [0.1, 0.15) is 5.75 Å². The number of piperazine rings is 1. The number of rotatable bonds is 4. The van der Waals surface area contributed by atoms with Gasteiger partial charge < -0.3 is 9.64 Å². The molecule has 0 aromatic heterocycles. The van der Waals surface area contributed by atoms with Gasteiger partial charge in [0.15, 0.2) is 6.54 Å². The Morgan fingerprint density at radius 2 is 2.27 bits per heavy atom. The van der Waals surface area contributed by atoms with E-state index in [2.05, 4.69) is 10.0 Å². The zero-order valence-corrected chi connectivity index (χ0v) is 15.0. The fourth-order valence-electron chi connectivity index (χ4n) is 2.70. The van der Waals surface area contributed by atoms with Crippen LogP contribution in [0, 0.1) is 23.1 Å². The van der Waals surface area contributed by atoms with Gasteiger partial charge in [0, 0.05) is 16.2 Å². The predicted octanol–water partition coefficient (Wildman–Crippen LogP) is 3.53. The molecule has 1 aliphatic heterocycles. The molecule has 1 aromatic rings. The second-order valence-corrected chi connectivity index (χ2v) is 6.08. The Hall–Kier alpha value is -2.93. The fourth-order valence-corrected chi connectivity index (χ4v) is 2.89. The SMILES string of the molecule is COc1ccccc1N1C[CH-][N+](=NC=C2C=C([N+](=O)[O-])C(Cl)=C[CH-]2)CC1. The molecule has 8 heteroatoms. The van der Waals surface area contributed by atoms with Crippen LogP contribution in [0.25, 0.3) is 0 Å². The van der Waals surface area contributed by atoms with Gasteiger partial charge in [-0.2, -0.15) is 0 Å². The number of para-hydroxylation sites is 2. The number of azo groups is 2. The first-order chi connectivity index (χ1) is 12.6. The highest BCUT2D eigenvalue weighted by Gasteiger charge is 2.16. The zero-order chi connectivity index (χ0) is 18.5. The number of ether oxygens (including phenoxy) is 1. The van der Waals surface area contributed by atoms with Gasteiger partial charge >= 0.3 is 0 Å².